The second kappa shape index (κ2) is 4.42. The van der Waals surface area contributed by atoms with Crippen molar-refractivity contribution in [1.29, 1.82) is 0 Å². The van der Waals surface area contributed by atoms with Gasteiger partial charge >= 0.3 is 0 Å². The van der Waals surface area contributed by atoms with Crippen LogP contribution >= 0.6 is 0 Å². The number of aliphatic hydroxyl groups excluding tert-OH is 1. The summed E-state index contributed by atoms with van der Waals surface area (Å²) in [4.78, 5) is 2.52. The van der Waals surface area contributed by atoms with Crippen LogP contribution in [0.5, 0.6) is 0 Å². The molecule has 1 aliphatic rings. The molecule has 1 fully saturated rings. The van der Waals surface area contributed by atoms with E-state index in [9.17, 15) is 5.11 Å². The van der Waals surface area contributed by atoms with Crippen LogP contribution in [0.25, 0.3) is 0 Å². The summed E-state index contributed by atoms with van der Waals surface area (Å²) in [5.41, 5.74) is 0.363. The van der Waals surface area contributed by atoms with E-state index in [0.717, 1.165) is 13.0 Å². The fourth-order valence-corrected chi connectivity index (χ4v) is 2.29. The molecule has 1 aliphatic heterocycles. The van der Waals surface area contributed by atoms with Crippen molar-refractivity contribution in [2.24, 2.45) is 5.41 Å². The monoisotopic (exact) mass is 213 g/mol. The first-order valence-corrected chi connectivity index (χ1v) is 6.16. The number of likely N-dealkylation sites (tertiary alicyclic amines) is 1. The van der Waals surface area contributed by atoms with Gasteiger partial charge in [0.15, 0.2) is 0 Å². The van der Waals surface area contributed by atoms with Crippen molar-refractivity contribution < 1.29 is 5.11 Å². The molecule has 0 aromatic carbocycles. The zero-order chi connectivity index (χ0) is 11.7. The lowest BCUT2D eigenvalue weighted by molar-refractivity contribution is 0.0384. The van der Waals surface area contributed by atoms with Crippen LogP contribution in [0.2, 0.25) is 0 Å². The molecule has 1 rings (SSSR count). The predicted molar refractivity (Wildman–Crippen MR) is 65.0 cm³/mol. The average molecular weight is 213 g/mol. The van der Waals surface area contributed by atoms with E-state index in [1.165, 1.54) is 19.4 Å². The Morgan fingerprint density at radius 3 is 2.33 bits per heavy atom. The van der Waals surface area contributed by atoms with Gasteiger partial charge in [-0.05, 0) is 45.1 Å². The summed E-state index contributed by atoms with van der Waals surface area (Å²) in [7, 11) is 0. The minimum absolute atomic E-state index is 0.0177. The van der Waals surface area contributed by atoms with Crippen molar-refractivity contribution >= 4 is 0 Å². The topological polar surface area (TPSA) is 23.5 Å². The van der Waals surface area contributed by atoms with Gasteiger partial charge < -0.3 is 5.11 Å². The quantitative estimate of drug-likeness (QED) is 0.779. The Bertz CT molecular complexity index is 205. The van der Waals surface area contributed by atoms with Crippen LogP contribution in [0.4, 0.5) is 0 Å². The molecule has 0 aromatic heterocycles. The normalized spacial score (nSPS) is 24.4. The van der Waals surface area contributed by atoms with Gasteiger partial charge in [0, 0.05) is 12.1 Å². The average Bonchev–Trinajstić information content (AvgIpc) is 2.39. The molecule has 2 heteroatoms. The van der Waals surface area contributed by atoms with E-state index in [1.807, 2.05) is 0 Å². The first kappa shape index (κ1) is 13.0. The number of nitrogens with zero attached hydrogens (tertiary/aromatic N) is 1. The molecule has 90 valence electrons. The molecular formula is C13H27NO. The van der Waals surface area contributed by atoms with Crippen LogP contribution in [0.1, 0.15) is 53.9 Å². The molecule has 0 amide bonds. The van der Waals surface area contributed by atoms with Crippen molar-refractivity contribution in [2.75, 3.05) is 13.1 Å². The molecule has 1 unspecified atom stereocenters. The molecule has 15 heavy (non-hydrogen) atoms. The Morgan fingerprint density at radius 1 is 1.33 bits per heavy atom. The largest absolute Gasteiger partial charge is 0.393 e. The van der Waals surface area contributed by atoms with E-state index in [0.29, 0.717) is 5.54 Å². The number of hydrogen-bond donors (Lipinski definition) is 1. The van der Waals surface area contributed by atoms with E-state index >= 15 is 0 Å². The Kier molecular flexibility index (Phi) is 3.83. The molecule has 1 saturated heterocycles. The highest BCUT2D eigenvalue weighted by molar-refractivity contribution is 4.88. The zero-order valence-corrected chi connectivity index (χ0v) is 11.0. The van der Waals surface area contributed by atoms with Crippen LogP contribution in [0.15, 0.2) is 0 Å². The first-order valence-electron chi connectivity index (χ1n) is 6.16. The smallest absolute Gasteiger partial charge is 0.0600 e. The molecule has 0 radical (unpaired) electrons. The van der Waals surface area contributed by atoms with Crippen molar-refractivity contribution in [2.45, 2.75) is 65.5 Å². The van der Waals surface area contributed by atoms with E-state index in [1.54, 1.807) is 0 Å². The van der Waals surface area contributed by atoms with E-state index in [-0.39, 0.29) is 11.5 Å². The van der Waals surface area contributed by atoms with Gasteiger partial charge in [0.1, 0.15) is 0 Å². The van der Waals surface area contributed by atoms with Crippen LogP contribution in [0, 0.1) is 5.41 Å². The highest BCUT2D eigenvalue weighted by Crippen LogP contribution is 2.29. The highest BCUT2D eigenvalue weighted by Gasteiger charge is 2.32. The Hall–Kier alpha value is -0.0800. The third kappa shape index (κ3) is 3.46. The standard InChI is InChI=1S/C13H27NO/c1-12(2,3)11(15)7-10-14-9-6-8-13(14,4)5/h11,15H,6-10H2,1-5H3. The molecule has 2 nitrogen and oxygen atoms in total. The molecule has 0 aromatic rings. The summed E-state index contributed by atoms with van der Waals surface area (Å²) in [6, 6.07) is 0. The lowest BCUT2D eigenvalue weighted by atomic mass is 9.87. The summed E-state index contributed by atoms with van der Waals surface area (Å²) in [5.74, 6) is 0. The van der Waals surface area contributed by atoms with Crippen molar-refractivity contribution in [3.63, 3.8) is 0 Å². The van der Waals surface area contributed by atoms with Gasteiger partial charge in [-0.25, -0.2) is 0 Å². The van der Waals surface area contributed by atoms with Gasteiger partial charge in [0.05, 0.1) is 6.10 Å². The molecule has 0 saturated carbocycles. The zero-order valence-electron chi connectivity index (χ0n) is 11.0. The summed E-state index contributed by atoms with van der Waals surface area (Å²) in [5, 5.41) is 9.99. The Morgan fingerprint density at radius 2 is 1.93 bits per heavy atom. The number of aliphatic hydroxyl groups is 1. The van der Waals surface area contributed by atoms with Crippen molar-refractivity contribution in [1.82, 2.24) is 4.90 Å². The van der Waals surface area contributed by atoms with Gasteiger partial charge in [-0.15, -0.1) is 0 Å². The number of rotatable bonds is 3. The maximum atomic E-state index is 9.99. The third-order valence-electron chi connectivity index (χ3n) is 3.74. The van der Waals surface area contributed by atoms with Gasteiger partial charge in [-0.2, -0.15) is 0 Å². The summed E-state index contributed by atoms with van der Waals surface area (Å²) in [6.07, 6.45) is 3.30. The van der Waals surface area contributed by atoms with E-state index in [2.05, 4.69) is 39.5 Å². The molecule has 1 heterocycles. The minimum Gasteiger partial charge on any atom is -0.393 e. The molecule has 0 bridgehead atoms. The SMILES string of the molecule is CC(C)(C)C(O)CCN1CCCC1(C)C. The summed E-state index contributed by atoms with van der Waals surface area (Å²) >= 11 is 0. The third-order valence-corrected chi connectivity index (χ3v) is 3.74. The predicted octanol–water partition coefficient (Wildman–Crippen LogP) is 2.66. The van der Waals surface area contributed by atoms with Crippen molar-refractivity contribution in [3.05, 3.63) is 0 Å². The molecule has 0 aliphatic carbocycles. The maximum Gasteiger partial charge on any atom is 0.0600 e. The molecule has 0 spiro atoms. The number of hydrogen-bond acceptors (Lipinski definition) is 2. The van der Waals surface area contributed by atoms with Crippen LogP contribution in [-0.2, 0) is 0 Å². The first-order chi connectivity index (χ1) is 6.73. The highest BCUT2D eigenvalue weighted by atomic mass is 16.3. The van der Waals surface area contributed by atoms with Crippen LogP contribution in [-0.4, -0.2) is 34.7 Å². The van der Waals surface area contributed by atoms with E-state index in [4.69, 9.17) is 0 Å². The summed E-state index contributed by atoms with van der Waals surface area (Å²) in [6.45, 7) is 13.2. The molecule has 1 N–H and O–H groups in total. The van der Waals surface area contributed by atoms with Gasteiger partial charge in [-0.1, -0.05) is 20.8 Å². The lowest BCUT2D eigenvalue weighted by Gasteiger charge is -2.34. The van der Waals surface area contributed by atoms with Gasteiger partial charge in [0.25, 0.3) is 0 Å². The van der Waals surface area contributed by atoms with Gasteiger partial charge in [-0.3, -0.25) is 4.90 Å². The fourth-order valence-electron chi connectivity index (χ4n) is 2.29. The second-order valence-corrected chi connectivity index (χ2v) is 6.57. The Balaban J connectivity index is 2.38. The van der Waals surface area contributed by atoms with Gasteiger partial charge in [0.2, 0.25) is 0 Å². The fraction of sp³-hybridized carbons (Fsp3) is 1.00. The Labute approximate surface area is 94.7 Å². The molecular weight excluding hydrogens is 186 g/mol. The maximum absolute atomic E-state index is 9.99. The lowest BCUT2D eigenvalue weighted by Crippen LogP contribution is -2.41. The van der Waals surface area contributed by atoms with Crippen molar-refractivity contribution in [3.8, 4) is 0 Å². The van der Waals surface area contributed by atoms with E-state index < -0.39 is 0 Å². The molecule has 1 atom stereocenters. The second-order valence-electron chi connectivity index (χ2n) is 6.57. The van der Waals surface area contributed by atoms with Crippen LogP contribution in [0.3, 0.4) is 0 Å². The van der Waals surface area contributed by atoms with Crippen LogP contribution < -0.4 is 0 Å². The summed E-state index contributed by atoms with van der Waals surface area (Å²) < 4.78 is 0. The minimum atomic E-state index is -0.186.